The van der Waals surface area contributed by atoms with Crippen molar-refractivity contribution in [1.82, 2.24) is 30.1 Å². The van der Waals surface area contributed by atoms with Gasteiger partial charge in [0.15, 0.2) is 17.3 Å². The van der Waals surface area contributed by atoms with Crippen LogP contribution < -0.4 is 15.0 Å². The molecule has 0 spiro atoms. The van der Waals surface area contributed by atoms with Gasteiger partial charge in [-0.1, -0.05) is 56.5 Å². The van der Waals surface area contributed by atoms with Crippen LogP contribution in [-0.2, 0) is 13.1 Å². The molecule has 38 heavy (non-hydrogen) atoms. The second-order valence-corrected chi connectivity index (χ2v) is 10.3. The van der Waals surface area contributed by atoms with Crippen LogP contribution in [0.25, 0.3) is 10.9 Å². The van der Waals surface area contributed by atoms with Crippen LogP contribution >= 0.6 is 0 Å². The van der Waals surface area contributed by atoms with Crippen molar-refractivity contribution in [2.45, 2.75) is 70.6 Å². The standard InChI is InChI=1S/C29H34N6O3/c1-2-8-25(28-31-32-33-35(28)18-20-9-4-3-5-10-20)34(23-11-6-7-12-23)19-22-15-21-16-26-27(38-14-13-37-26)17-24(21)30-29(22)36/h3-5,9-10,15-17,23,25H,2,6-8,11-14,18-19H2,1H3,(H,30,36). The molecule has 3 heterocycles. The number of ether oxygens (including phenoxy) is 2. The number of hydrogen-bond acceptors (Lipinski definition) is 7. The molecule has 1 unspecified atom stereocenters. The summed E-state index contributed by atoms with van der Waals surface area (Å²) in [5.74, 6) is 2.26. The van der Waals surface area contributed by atoms with Crippen molar-refractivity contribution in [3.8, 4) is 11.5 Å². The SMILES string of the molecule is CCCC(c1nnnn1Cc1ccccc1)N(Cc1cc2cc3c(cc2[nH]c1=O)OCCO3)C1CCCC1. The maximum atomic E-state index is 13.3. The van der Waals surface area contributed by atoms with Crippen LogP contribution in [0, 0.1) is 0 Å². The van der Waals surface area contributed by atoms with Crippen LogP contribution in [0.3, 0.4) is 0 Å². The second kappa shape index (κ2) is 10.9. The van der Waals surface area contributed by atoms with Gasteiger partial charge in [0.25, 0.3) is 5.56 Å². The number of benzene rings is 2. The Morgan fingerprint density at radius 1 is 1.08 bits per heavy atom. The number of pyridine rings is 1. The predicted octanol–water partition coefficient (Wildman–Crippen LogP) is 4.62. The third kappa shape index (κ3) is 5.03. The lowest BCUT2D eigenvalue weighted by Gasteiger charge is -2.35. The summed E-state index contributed by atoms with van der Waals surface area (Å²) in [6.45, 7) is 4.39. The smallest absolute Gasteiger partial charge is 0.252 e. The molecule has 2 aromatic heterocycles. The monoisotopic (exact) mass is 514 g/mol. The Morgan fingerprint density at radius 2 is 1.84 bits per heavy atom. The van der Waals surface area contributed by atoms with Crippen molar-refractivity contribution in [2.24, 2.45) is 0 Å². The normalized spacial score (nSPS) is 16.4. The molecule has 2 aromatic carbocycles. The zero-order valence-corrected chi connectivity index (χ0v) is 21.8. The fraction of sp³-hybridized carbons (Fsp3) is 0.448. The molecule has 6 rings (SSSR count). The molecule has 9 heteroatoms. The average molecular weight is 515 g/mol. The first kappa shape index (κ1) is 24.6. The zero-order valence-electron chi connectivity index (χ0n) is 21.8. The van der Waals surface area contributed by atoms with Gasteiger partial charge in [-0.05, 0) is 47.4 Å². The van der Waals surface area contributed by atoms with Crippen molar-refractivity contribution >= 4 is 10.9 Å². The largest absolute Gasteiger partial charge is 0.486 e. The Labute approximate surface area is 221 Å². The quantitative estimate of drug-likeness (QED) is 0.348. The fourth-order valence-electron chi connectivity index (χ4n) is 5.87. The third-order valence-electron chi connectivity index (χ3n) is 7.73. The van der Waals surface area contributed by atoms with E-state index in [1.165, 1.54) is 12.8 Å². The third-order valence-corrected chi connectivity index (χ3v) is 7.73. The number of aromatic nitrogens is 5. The lowest BCUT2D eigenvalue weighted by Crippen LogP contribution is -2.39. The van der Waals surface area contributed by atoms with Crippen LogP contribution in [0.5, 0.6) is 11.5 Å². The van der Waals surface area contributed by atoms with E-state index in [9.17, 15) is 4.79 Å². The van der Waals surface area contributed by atoms with Crippen molar-refractivity contribution in [2.75, 3.05) is 13.2 Å². The van der Waals surface area contributed by atoms with Crippen LogP contribution in [0.1, 0.15) is 68.4 Å². The maximum absolute atomic E-state index is 13.3. The summed E-state index contributed by atoms with van der Waals surface area (Å²) in [5, 5.41) is 13.9. The van der Waals surface area contributed by atoms with Gasteiger partial charge in [0, 0.05) is 29.6 Å². The Bertz CT molecular complexity index is 1440. The van der Waals surface area contributed by atoms with E-state index in [1.807, 2.05) is 41.1 Å². The number of nitrogens with zero attached hydrogens (tertiary/aromatic N) is 5. The van der Waals surface area contributed by atoms with E-state index in [2.05, 4.69) is 44.5 Å². The first-order chi connectivity index (χ1) is 18.7. The van der Waals surface area contributed by atoms with Crippen molar-refractivity contribution in [1.29, 1.82) is 0 Å². The molecular formula is C29H34N6O3. The first-order valence-corrected chi connectivity index (χ1v) is 13.7. The van der Waals surface area contributed by atoms with Crippen LogP contribution in [0.4, 0.5) is 0 Å². The van der Waals surface area contributed by atoms with Gasteiger partial charge in [-0.3, -0.25) is 9.69 Å². The molecule has 2 aliphatic rings. The van der Waals surface area contributed by atoms with Crippen molar-refractivity contribution in [3.05, 3.63) is 75.8 Å². The summed E-state index contributed by atoms with van der Waals surface area (Å²) in [6.07, 6.45) is 6.54. The molecule has 1 fully saturated rings. The Balaban J connectivity index is 1.36. The van der Waals surface area contributed by atoms with E-state index in [0.717, 1.165) is 59.3 Å². The van der Waals surface area contributed by atoms with Gasteiger partial charge in [0.1, 0.15) is 13.2 Å². The van der Waals surface area contributed by atoms with E-state index in [-0.39, 0.29) is 11.6 Å². The van der Waals surface area contributed by atoms with Gasteiger partial charge in [-0.2, -0.15) is 0 Å². The highest BCUT2D eigenvalue weighted by Crippen LogP contribution is 2.36. The van der Waals surface area contributed by atoms with Gasteiger partial charge in [0.2, 0.25) is 0 Å². The Morgan fingerprint density at radius 3 is 2.61 bits per heavy atom. The fourth-order valence-corrected chi connectivity index (χ4v) is 5.87. The highest BCUT2D eigenvalue weighted by atomic mass is 16.6. The number of hydrogen-bond donors (Lipinski definition) is 1. The maximum Gasteiger partial charge on any atom is 0.252 e. The lowest BCUT2D eigenvalue weighted by molar-refractivity contribution is 0.108. The summed E-state index contributed by atoms with van der Waals surface area (Å²) >= 11 is 0. The molecule has 1 aliphatic carbocycles. The number of rotatable bonds is 9. The first-order valence-electron chi connectivity index (χ1n) is 13.7. The zero-order chi connectivity index (χ0) is 25.9. The molecule has 0 bridgehead atoms. The van der Waals surface area contributed by atoms with Gasteiger partial charge in [-0.25, -0.2) is 4.68 Å². The highest BCUT2D eigenvalue weighted by Gasteiger charge is 2.33. The lowest BCUT2D eigenvalue weighted by atomic mass is 10.0. The molecule has 0 radical (unpaired) electrons. The van der Waals surface area contributed by atoms with E-state index < -0.39 is 0 Å². The summed E-state index contributed by atoms with van der Waals surface area (Å²) in [5.41, 5.74) is 2.58. The summed E-state index contributed by atoms with van der Waals surface area (Å²) in [4.78, 5) is 18.9. The summed E-state index contributed by atoms with van der Waals surface area (Å²) in [6, 6.07) is 16.5. The molecular weight excluding hydrogens is 480 g/mol. The van der Waals surface area contributed by atoms with E-state index in [1.54, 1.807) is 0 Å². The molecule has 1 saturated carbocycles. The number of aromatic amines is 1. The van der Waals surface area contributed by atoms with Gasteiger partial charge >= 0.3 is 0 Å². The molecule has 4 aromatic rings. The molecule has 1 N–H and O–H groups in total. The summed E-state index contributed by atoms with van der Waals surface area (Å²) < 4.78 is 13.4. The Hall–Kier alpha value is -3.72. The number of fused-ring (bicyclic) bond motifs is 2. The van der Waals surface area contributed by atoms with Crippen LogP contribution in [-0.4, -0.2) is 49.3 Å². The molecule has 0 amide bonds. The molecule has 1 atom stereocenters. The summed E-state index contributed by atoms with van der Waals surface area (Å²) in [7, 11) is 0. The number of tetrazole rings is 1. The molecule has 9 nitrogen and oxygen atoms in total. The minimum absolute atomic E-state index is 0.0113. The van der Waals surface area contributed by atoms with Crippen LogP contribution in [0.15, 0.2) is 53.3 Å². The van der Waals surface area contributed by atoms with E-state index >= 15 is 0 Å². The minimum atomic E-state index is -0.0729. The number of nitrogens with one attached hydrogen (secondary N) is 1. The predicted molar refractivity (Wildman–Crippen MR) is 144 cm³/mol. The molecule has 1 aliphatic heterocycles. The number of H-pyrrole nitrogens is 1. The van der Waals surface area contributed by atoms with E-state index in [4.69, 9.17) is 9.47 Å². The van der Waals surface area contributed by atoms with Crippen LogP contribution in [0.2, 0.25) is 0 Å². The van der Waals surface area contributed by atoms with E-state index in [0.29, 0.717) is 38.1 Å². The van der Waals surface area contributed by atoms with Crippen molar-refractivity contribution < 1.29 is 9.47 Å². The second-order valence-electron chi connectivity index (χ2n) is 10.3. The Kier molecular flexibility index (Phi) is 7.09. The van der Waals surface area contributed by atoms with Crippen molar-refractivity contribution in [3.63, 3.8) is 0 Å². The minimum Gasteiger partial charge on any atom is -0.486 e. The van der Waals surface area contributed by atoms with Gasteiger partial charge in [0.05, 0.1) is 18.1 Å². The van der Waals surface area contributed by atoms with Gasteiger partial charge < -0.3 is 14.5 Å². The molecule has 198 valence electrons. The highest BCUT2D eigenvalue weighted by molar-refractivity contribution is 5.83. The average Bonchev–Trinajstić information content (AvgIpc) is 3.63. The van der Waals surface area contributed by atoms with Gasteiger partial charge in [-0.15, -0.1) is 5.10 Å². The molecule has 0 saturated heterocycles. The topological polar surface area (TPSA) is 98.2 Å².